The summed E-state index contributed by atoms with van der Waals surface area (Å²) in [5.41, 5.74) is 1.28. The second-order valence-corrected chi connectivity index (χ2v) is 5.23. The lowest BCUT2D eigenvalue weighted by molar-refractivity contribution is 0.500. The van der Waals surface area contributed by atoms with Crippen LogP contribution in [0.4, 0.5) is 0 Å². The summed E-state index contributed by atoms with van der Waals surface area (Å²) in [6.45, 7) is 8.60. The van der Waals surface area contributed by atoms with Crippen LogP contribution in [0.2, 0.25) is 0 Å². The quantitative estimate of drug-likeness (QED) is 0.795. The van der Waals surface area contributed by atoms with Gasteiger partial charge in [0.15, 0.2) is 0 Å². The first-order chi connectivity index (χ1) is 7.67. The molecule has 1 heterocycles. The van der Waals surface area contributed by atoms with E-state index >= 15 is 0 Å². The number of hydrogen-bond donors (Lipinski definition) is 1. The van der Waals surface area contributed by atoms with Crippen LogP contribution in [0.5, 0.6) is 0 Å². The largest absolute Gasteiger partial charge is 0.310 e. The third kappa shape index (κ3) is 4.18. The van der Waals surface area contributed by atoms with Crippen molar-refractivity contribution >= 4 is 11.8 Å². The Balaban J connectivity index is 2.37. The van der Waals surface area contributed by atoms with Gasteiger partial charge >= 0.3 is 0 Å². The fraction of sp³-hybridized carbons (Fsp3) is 0.750. The van der Waals surface area contributed by atoms with Crippen LogP contribution < -0.4 is 5.32 Å². The molecule has 2 unspecified atom stereocenters. The standard InChI is InChI=1S/C12H23N3S/c1-5-15-8-12(7-14-15)11(3)13-6-10(2)9-16-4/h7-8,10-11,13H,5-6,9H2,1-4H3. The van der Waals surface area contributed by atoms with E-state index in [-0.39, 0.29) is 0 Å². The van der Waals surface area contributed by atoms with E-state index in [2.05, 4.69) is 43.6 Å². The molecule has 1 rings (SSSR count). The second-order valence-electron chi connectivity index (χ2n) is 4.32. The van der Waals surface area contributed by atoms with Crippen molar-refractivity contribution < 1.29 is 0 Å². The summed E-state index contributed by atoms with van der Waals surface area (Å²) in [4.78, 5) is 0. The van der Waals surface area contributed by atoms with Crippen molar-refractivity contribution in [1.29, 1.82) is 0 Å². The molecule has 0 fully saturated rings. The van der Waals surface area contributed by atoms with Crippen LogP contribution in [-0.2, 0) is 6.54 Å². The number of aromatic nitrogens is 2. The van der Waals surface area contributed by atoms with E-state index in [1.54, 1.807) is 0 Å². The maximum Gasteiger partial charge on any atom is 0.0537 e. The van der Waals surface area contributed by atoms with Crippen molar-refractivity contribution in [2.75, 3.05) is 18.6 Å². The smallest absolute Gasteiger partial charge is 0.0537 e. The van der Waals surface area contributed by atoms with Crippen LogP contribution >= 0.6 is 11.8 Å². The van der Waals surface area contributed by atoms with E-state index < -0.39 is 0 Å². The Morgan fingerprint density at radius 1 is 1.50 bits per heavy atom. The molecule has 0 aliphatic rings. The van der Waals surface area contributed by atoms with Gasteiger partial charge < -0.3 is 5.32 Å². The highest BCUT2D eigenvalue weighted by Crippen LogP contribution is 2.12. The Labute approximate surface area is 103 Å². The Morgan fingerprint density at radius 2 is 2.25 bits per heavy atom. The highest BCUT2D eigenvalue weighted by molar-refractivity contribution is 7.98. The van der Waals surface area contributed by atoms with Crippen LogP contribution in [0.3, 0.4) is 0 Å². The third-order valence-corrected chi connectivity index (χ3v) is 3.60. The molecule has 1 aromatic heterocycles. The molecule has 0 saturated heterocycles. The molecule has 0 spiro atoms. The van der Waals surface area contributed by atoms with Crippen LogP contribution in [0, 0.1) is 5.92 Å². The normalized spacial score (nSPS) is 15.0. The highest BCUT2D eigenvalue weighted by atomic mass is 32.2. The van der Waals surface area contributed by atoms with Crippen LogP contribution in [0.1, 0.15) is 32.4 Å². The summed E-state index contributed by atoms with van der Waals surface area (Å²) in [6.07, 6.45) is 6.24. The Bertz CT molecular complexity index is 298. The van der Waals surface area contributed by atoms with E-state index in [1.165, 1.54) is 11.3 Å². The Kier molecular flexibility index (Phi) is 5.91. The zero-order chi connectivity index (χ0) is 12.0. The van der Waals surface area contributed by atoms with Gasteiger partial charge in [-0.05, 0) is 38.3 Å². The highest BCUT2D eigenvalue weighted by Gasteiger charge is 2.08. The lowest BCUT2D eigenvalue weighted by atomic mass is 10.1. The van der Waals surface area contributed by atoms with E-state index in [0.717, 1.165) is 19.0 Å². The topological polar surface area (TPSA) is 29.9 Å². The number of rotatable bonds is 7. The number of hydrogen-bond acceptors (Lipinski definition) is 3. The van der Waals surface area contributed by atoms with Crippen LogP contribution in [0.25, 0.3) is 0 Å². The summed E-state index contributed by atoms with van der Waals surface area (Å²) in [5, 5.41) is 7.85. The predicted molar refractivity (Wildman–Crippen MR) is 71.9 cm³/mol. The van der Waals surface area contributed by atoms with Gasteiger partial charge in [0, 0.05) is 24.3 Å². The average Bonchev–Trinajstić information content (AvgIpc) is 2.75. The van der Waals surface area contributed by atoms with Gasteiger partial charge in [0.2, 0.25) is 0 Å². The first-order valence-corrected chi connectivity index (χ1v) is 7.31. The third-order valence-electron chi connectivity index (χ3n) is 2.70. The molecule has 1 N–H and O–H groups in total. The maximum atomic E-state index is 4.29. The van der Waals surface area contributed by atoms with Crippen LogP contribution in [0.15, 0.2) is 12.4 Å². The van der Waals surface area contributed by atoms with E-state index in [1.807, 2.05) is 22.6 Å². The van der Waals surface area contributed by atoms with E-state index in [9.17, 15) is 0 Å². The summed E-state index contributed by atoms with van der Waals surface area (Å²) in [6, 6.07) is 0.393. The molecular formula is C12H23N3S. The molecule has 0 bridgehead atoms. The zero-order valence-corrected chi connectivity index (χ0v) is 11.5. The lowest BCUT2D eigenvalue weighted by Crippen LogP contribution is -2.25. The zero-order valence-electron chi connectivity index (χ0n) is 10.7. The monoisotopic (exact) mass is 241 g/mol. The van der Waals surface area contributed by atoms with Gasteiger partial charge in [0.1, 0.15) is 0 Å². The molecule has 16 heavy (non-hydrogen) atoms. The number of aryl methyl sites for hydroxylation is 1. The predicted octanol–water partition coefficient (Wildman–Crippen LogP) is 2.55. The van der Waals surface area contributed by atoms with Gasteiger partial charge in [-0.1, -0.05) is 6.92 Å². The fourth-order valence-electron chi connectivity index (χ4n) is 1.62. The van der Waals surface area contributed by atoms with E-state index in [0.29, 0.717) is 6.04 Å². The minimum absolute atomic E-state index is 0.393. The molecule has 3 nitrogen and oxygen atoms in total. The summed E-state index contributed by atoms with van der Waals surface area (Å²) in [7, 11) is 0. The summed E-state index contributed by atoms with van der Waals surface area (Å²) < 4.78 is 1.97. The minimum Gasteiger partial charge on any atom is -0.310 e. The maximum absolute atomic E-state index is 4.29. The number of thioether (sulfide) groups is 1. The first kappa shape index (κ1) is 13.6. The van der Waals surface area contributed by atoms with Gasteiger partial charge in [0.05, 0.1) is 6.20 Å². The molecule has 0 amide bonds. The molecule has 0 aromatic carbocycles. The van der Waals surface area contributed by atoms with Gasteiger partial charge in [-0.15, -0.1) is 0 Å². The van der Waals surface area contributed by atoms with Gasteiger partial charge in [-0.25, -0.2) is 0 Å². The number of nitrogens with one attached hydrogen (secondary N) is 1. The SMILES string of the molecule is CCn1cc(C(C)NCC(C)CSC)cn1. The van der Waals surface area contributed by atoms with Gasteiger partial charge in [-0.2, -0.15) is 16.9 Å². The summed E-state index contributed by atoms with van der Waals surface area (Å²) >= 11 is 1.91. The second kappa shape index (κ2) is 6.97. The molecule has 0 aliphatic carbocycles. The molecule has 1 aromatic rings. The molecule has 0 aliphatic heterocycles. The van der Waals surface area contributed by atoms with Crippen LogP contribution in [-0.4, -0.2) is 28.3 Å². The molecule has 0 saturated carbocycles. The van der Waals surface area contributed by atoms with Crippen molar-refractivity contribution in [1.82, 2.24) is 15.1 Å². The minimum atomic E-state index is 0.393. The molecule has 0 radical (unpaired) electrons. The number of nitrogens with zero attached hydrogens (tertiary/aromatic N) is 2. The van der Waals surface area contributed by atoms with Crippen molar-refractivity contribution in [3.63, 3.8) is 0 Å². The molecular weight excluding hydrogens is 218 g/mol. The lowest BCUT2D eigenvalue weighted by Gasteiger charge is -2.15. The van der Waals surface area contributed by atoms with E-state index in [4.69, 9.17) is 0 Å². The van der Waals surface area contributed by atoms with Crippen molar-refractivity contribution in [3.8, 4) is 0 Å². The van der Waals surface area contributed by atoms with Gasteiger partial charge in [0.25, 0.3) is 0 Å². The van der Waals surface area contributed by atoms with Crippen molar-refractivity contribution in [2.45, 2.75) is 33.4 Å². The molecule has 2 atom stereocenters. The molecule has 4 heteroatoms. The van der Waals surface area contributed by atoms with Crippen molar-refractivity contribution in [3.05, 3.63) is 18.0 Å². The average molecular weight is 241 g/mol. The summed E-state index contributed by atoms with van der Waals surface area (Å²) in [5.74, 6) is 1.94. The molecule has 92 valence electrons. The van der Waals surface area contributed by atoms with Crippen molar-refractivity contribution in [2.24, 2.45) is 5.92 Å². The fourth-order valence-corrected chi connectivity index (χ4v) is 2.30. The van der Waals surface area contributed by atoms with Gasteiger partial charge in [-0.3, -0.25) is 4.68 Å². The Hall–Kier alpha value is -0.480. The first-order valence-electron chi connectivity index (χ1n) is 5.92. The Morgan fingerprint density at radius 3 is 2.81 bits per heavy atom.